The molecule has 0 atom stereocenters. The maximum atomic E-state index is 7.27. The van der Waals surface area contributed by atoms with Crippen molar-refractivity contribution in [2.24, 2.45) is 0 Å². The number of fused-ring (bicyclic) bond motifs is 12. The lowest BCUT2D eigenvalue weighted by molar-refractivity contribution is 0.670. The van der Waals surface area contributed by atoms with Gasteiger partial charge in [-0.2, -0.15) is 0 Å². The summed E-state index contributed by atoms with van der Waals surface area (Å²) < 4.78 is 14.4. The van der Waals surface area contributed by atoms with E-state index in [-0.39, 0.29) is 0 Å². The fourth-order valence-corrected chi connectivity index (χ4v) is 11.4. The fraction of sp³-hybridized carbons (Fsp3) is 0. The molecule has 0 fully saturated rings. The number of hydrogen-bond acceptors (Lipinski definition) is 2. The minimum atomic E-state index is 0.769. The van der Waals surface area contributed by atoms with Crippen LogP contribution < -0.4 is 0 Å². The van der Waals surface area contributed by atoms with Crippen LogP contribution in [0.2, 0.25) is 0 Å². The highest BCUT2D eigenvalue weighted by atomic mass is 16.3. The van der Waals surface area contributed by atoms with Crippen LogP contribution in [0.15, 0.2) is 247 Å². The number of furan rings is 1. The molecule has 0 spiro atoms. The Kier molecular flexibility index (Phi) is 8.29. The van der Waals surface area contributed by atoms with E-state index in [0.717, 1.165) is 83.5 Å². The van der Waals surface area contributed by atoms with Crippen molar-refractivity contribution in [1.82, 2.24) is 18.7 Å². The molecule has 0 bridgehead atoms. The zero-order valence-corrected chi connectivity index (χ0v) is 37.8. The molecule has 0 aliphatic heterocycles. The first-order valence-electron chi connectivity index (χ1n) is 23.9. The van der Waals surface area contributed by atoms with Crippen molar-refractivity contribution >= 4 is 87.5 Å². The van der Waals surface area contributed by atoms with Crippen LogP contribution in [-0.4, -0.2) is 18.7 Å². The van der Waals surface area contributed by atoms with Gasteiger partial charge in [-0.1, -0.05) is 127 Å². The van der Waals surface area contributed by atoms with Gasteiger partial charge in [0, 0.05) is 72.1 Å². The van der Waals surface area contributed by atoms with Crippen molar-refractivity contribution in [2.75, 3.05) is 0 Å². The molecule has 326 valence electrons. The van der Waals surface area contributed by atoms with Crippen LogP contribution in [0.4, 0.5) is 0 Å². The van der Waals surface area contributed by atoms with E-state index < -0.39 is 0 Å². The number of aromatic nitrogens is 4. The van der Waals surface area contributed by atoms with E-state index in [0.29, 0.717) is 0 Å². The second-order valence-electron chi connectivity index (χ2n) is 18.3. The van der Waals surface area contributed by atoms with Gasteiger partial charge in [-0.3, -0.25) is 4.98 Å². The van der Waals surface area contributed by atoms with Crippen molar-refractivity contribution < 1.29 is 4.42 Å². The predicted octanol–water partition coefficient (Wildman–Crippen LogP) is 17.3. The van der Waals surface area contributed by atoms with Crippen molar-refractivity contribution in [3.05, 3.63) is 243 Å². The molecule has 10 aromatic carbocycles. The molecule has 5 nitrogen and oxygen atoms in total. The monoisotopic (exact) mass is 892 g/mol. The van der Waals surface area contributed by atoms with Crippen LogP contribution in [-0.2, 0) is 0 Å². The minimum Gasteiger partial charge on any atom is -0.453 e. The van der Waals surface area contributed by atoms with E-state index in [2.05, 4.69) is 250 Å². The van der Waals surface area contributed by atoms with Crippen LogP contribution in [0.5, 0.6) is 0 Å². The Bertz CT molecular complexity index is 4570. The van der Waals surface area contributed by atoms with Crippen molar-refractivity contribution in [2.45, 2.75) is 0 Å². The molecule has 70 heavy (non-hydrogen) atoms. The first-order valence-corrected chi connectivity index (χ1v) is 23.9. The molecule has 0 aliphatic carbocycles. The van der Waals surface area contributed by atoms with E-state index in [1.165, 1.54) is 54.4 Å². The van der Waals surface area contributed by atoms with Crippen LogP contribution in [0.1, 0.15) is 0 Å². The minimum absolute atomic E-state index is 0.769. The second-order valence-corrected chi connectivity index (χ2v) is 18.3. The Hall–Kier alpha value is -9.45. The Morgan fingerprint density at radius 3 is 1.14 bits per heavy atom. The molecule has 0 amide bonds. The average molecular weight is 893 g/mol. The number of para-hydroxylation sites is 6. The third-order valence-electron chi connectivity index (χ3n) is 14.5. The SMILES string of the molecule is c1ccc(-n2c3ccccc3c3cc(-c4cc(-c5ccc6c(c5)c5ccccc5n6-c5ccccc5)c5oc6c(-c7ccc8c(c7)c7ccccc7n8-c7ccccc7)ccnc6c5c4)ccc32)cc1. The maximum Gasteiger partial charge on any atom is 0.161 e. The van der Waals surface area contributed by atoms with Gasteiger partial charge in [-0.15, -0.1) is 0 Å². The van der Waals surface area contributed by atoms with Crippen molar-refractivity contribution in [1.29, 1.82) is 0 Å². The summed E-state index contributed by atoms with van der Waals surface area (Å²) in [4.78, 5) is 5.13. The summed E-state index contributed by atoms with van der Waals surface area (Å²) in [6.45, 7) is 0. The Morgan fingerprint density at radius 1 is 0.271 bits per heavy atom. The second kappa shape index (κ2) is 15.0. The maximum absolute atomic E-state index is 7.27. The van der Waals surface area contributed by atoms with Gasteiger partial charge < -0.3 is 18.1 Å². The molecule has 0 N–H and O–H groups in total. The van der Waals surface area contributed by atoms with E-state index >= 15 is 0 Å². The van der Waals surface area contributed by atoms with E-state index in [4.69, 9.17) is 9.40 Å². The Morgan fingerprint density at radius 2 is 0.657 bits per heavy atom. The lowest BCUT2D eigenvalue weighted by Crippen LogP contribution is -1.93. The quantitative estimate of drug-likeness (QED) is 0.167. The third kappa shape index (κ3) is 5.69. The van der Waals surface area contributed by atoms with E-state index in [9.17, 15) is 0 Å². The smallest absolute Gasteiger partial charge is 0.161 e. The zero-order chi connectivity index (χ0) is 45.9. The lowest BCUT2D eigenvalue weighted by atomic mass is 9.94. The largest absolute Gasteiger partial charge is 0.453 e. The molecule has 0 radical (unpaired) electrons. The fourth-order valence-electron chi connectivity index (χ4n) is 11.4. The molecule has 15 aromatic rings. The average Bonchev–Trinajstić information content (AvgIpc) is 4.17. The summed E-state index contributed by atoms with van der Waals surface area (Å²) in [5.41, 5.74) is 19.2. The highest BCUT2D eigenvalue weighted by Crippen LogP contribution is 2.45. The summed E-state index contributed by atoms with van der Waals surface area (Å²) in [6, 6.07) is 85.3. The molecule has 0 saturated heterocycles. The predicted molar refractivity (Wildman–Crippen MR) is 291 cm³/mol. The molecule has 0 unspecified atom stereocenters. The molecule has 0 aliphatic rings. The molecule has 15 rings (SSSR count). The van der Waals surface area contributed by atoms with Crippen LogP contribution in [0, 0.1) is 0 Å². The molecular formula is C65H40N4O. The third-order valence-corrected chi connectivity index (χ3v) is 14.5. The number of nitrogens with zero attached hydrogens (tertiary/aromatic N) is 4. The first-order chi connectivity index (χ1) is 34.7. The van der Waals surface area contributed by atoms with Crippen molar-refractivity contribution in [3.8, 4) is 50.4 Å². The van der Waals surface area contributed by atoms with Crippen LogP contribution >= 0.6 is 0 Å². The number of rotatable bonds is 6. The standard InChI is InChI=1S/C65H40N4O/c1-4-16-45(17-5-1)67-57-25-13-10-22-49(57)53-36-41(28-31-60(53)67)44-39-52(43-30-33-62-55(38-43)51-24-12-15-27-59(51)69(62)47-20-8-3-9-21-47)64-56(40-44)63-65(70-64)48(34-35-66-63)42-29-32-61-54(37-42)50-23-11-14-26-58(50)68(61)46-18-6-2-7-19-46/h1-40H. The number of pyridine rings is 1. The van der Waals surface area contributed by atoms with Gasteiger partial charge in [0.05, 0.1) is 33.1 Å². The molecule has 0 saturated carbocycles. The van der Waals surface area contributed by atoms with Gasteiger partial charge in [0.2, 0.25) is 0 Å². The zero-order valence-electron chi connectivity index (χ0n) is 37.8. The van der Waals surface area contributed by atoms with Gasteiger partial charge >= 0.3 is 0 Å². The summed E-state index contributed by atoms with van der Waals surface area (Å²) in [7, 11) is 0. The molecule has 5 aromatic heterocycles. The van der Waals surface area contributed by atoms with Gasteiger partial charge in [0.15, 0.2) is 5.58 Å². The molecule has 5 heteroatoms. The Labute approximate surface area is 401 Å². The molecule has 5 heterocycles. The summed E-state index contributed by atoms with van der Waals surface area (Å²) in [6.07, 6.45) is 1.94. The van der Waals surface area contributed by atoms with Gasteiger partial charge in [-0.25, -0.2) is 0 Å². The van der Waals surface area contributed by atoms with E-state index in [1.807, 2.05) is 6.20 Å². The van der Waals surface area contributed by atoms with Gasteiger partial charge in [-0.05, 0) is 131 Å². The highest BCUT2D eigenvalue weighted by Gasteiger charge is 2.22. The topological polar surface area (TPSA) is 40.8 Å². The van der Waals surface area contributed by atoms with Crippen molar-refractivity contribution in [3.63, 3.8) is 0 Å². The summed E-state index contributed by atoms with van der Waals surface area (Å²) in [5.74, 6) is 0. The first kappa shape index (κ1) is 38.6. The van der Waals surface area contributed by atoms with Crippen LogP contribution in [0.3, 0.4) is 0 Å². The van der Waals surface area contributed by atoms with Crippen LogP contribution in [0.25, 0.3) is 138 Å². The number of benzene rings is 10. The van der Waals surface area contributed by atoms with Gasteiger partial charge in [0.25, 0.3) is 0 Å². The summed E-state index contributed by atoms with van der Waals surface area (Å²) >= 11 is 0. The van der Waals surface area contributed by atoms with Gasteiger partial charge in [0.1, 0.15) is 11.1 Å². The number of hydrogen-bond donors (Lipinski definition) is 0. The highest BCUT2D eigenvalue weighted by molar-refractivity contribution is 6.17. The summed E-state index contributed by atoms with van der Waals surface area (Å²) in [5, 5.41) is 8.18. The Balaban J connectivity index is 0.977. The lowest BCUT2D eigenvalue weighted by Gasteiger charge is -2.11. The van der Waals surface area contributed by atoms with E-state index in [1.54, 1.807) is 0 Å². The molecular weight excluding hydrogens is 853 g/mol. The normalized spacial score (nSPS) is 12.0.